The van der Waals surface area contributed by atoms with E-state index in [4.69, 9.17) is 4.74 Å². The van der Waals surface area contributed by atoms with Gasteiger partial charge in [0.15, 0.2) is 0 Å². The molecule has 3 aromatic rings. The maximum Gasteiger partial charge on any atom is 0.354 e. The fourth-order valence-corrected chi connectivity index (χ4v) is 4.16. The molecule has 9 nitrogen and oxygen atoms in total. The van der Waals surface area contributed by atoms with Crippen molar-refractivity contribution in [3.63, 3.8) is 0 Å². The fourth-order valence-electron chi connectivity index (χ4n) is 4.16. The molecular formula is C24H22N4O5. The van der Waals surface area contributed by atoms with E-state index in [0.29, 0.717) is 16.8 Å². The van der Waals surface area contributed by atoms with Crippen molar-refractivity contribution in [1.29, 1.82) is 0 Å². The number of likely N-dealkylation sites (tertiary alicyclic amines) is 1. The van der Waals surface area contributed by atoms with E-state index < -0.39 is 23.7 Å². The zero-order valence-corrected chi connectivity index (χ0v) is 18.3. The van der Waals surface area contributed by atoms with Crippen LogP contribution in [0.25, 0.3) is 5.76 Å². The monoisotopic (exact) mass is 446 g/mol. The highest BCUT2D eigenvalue weighted by atomic mass is 16.5. The summed E-state index contributed by atoms with van der Waals surface area (Å²) >= 11 is 0. The third-order valence-corrected chi connectivity index (χ3v) is 5.68. The second-order valence-corrected chi connectivity index (χ2v) is 7.69. The summed E-state index contributed by atoms with van der Waals surface area (Å²) in [5.74, 6) is -2.52. The van der Waals surface area contributed by atoms with Crippen LogP contribution in [0.5, 0.6) is 0 Å². The topological polar surface area (TPSA) is 125 Å². The lowest BCUT2D eigenvalue weighted by Crippen LogP contribution is -2.29. The van der Waals surface area contributed by atoms with Gasteiger partial charge in [0.1, 0.15) is 11.5 Å². The highest BCUT2D eigenvalue weighted by molar-refractivity contribution is 6.46. The summed E-state index contributed by atoms with van der Waals surface area (Å²) in [4.78, 5) is 50.9. The number of aromatic nitrogens is 3. The number of carbonyl (C=O) groups excluding carboxylic acids is 3. The molecule has 9 heteroatoms. The summed E-state index contributed by atoms with van der Waals surface area (Å²) in [7, 11) is 1.25. The summed E-state index contributed by atoms with van der Waals surface area (Å²) in [5, 5.41) is 11.3. The van der Waals surface area contributed by atoms with Gasteiger partial charge in [0, 0.05) is 42.6 Å². The minimum atomic E-state index is -0.866. The van der Waals surface area contributed by atoms with Gasteiger partial charge in [-0.15, -0.1) is 0 Å². The van der Waals surface area contributed by atoms with Crippen LogP contribution in [0.3, 0.4) is 0 Å². The van der Waals surface area contributed by atoms with E-state index in [-0.39, 0.29) is 29.1 Å². The summed E-state index contributed by atoms with van der Waals surface area (Å²) in [5.41, 5.74) is 2.56. The first-order valence-electron chi connectivity index (χ1n) is 10.2. The normalized spacial score (nSPS) is 17.4. The molecule has 1 atom stereocenters. The van der Waals surface area contributed by atoms with Crippen molar-refractivity contribution < 1.29 is 24.2 Å². The third kappa shape index (κ3) is 3.78. The molecule has 4 heterocycles. The minimum absolute atomic E-state index is 0.0708. The number of nitrogens with one attached hydrogen (secondary N) is 1. The number of aromatic amines is 1. The van der Waals surface area contributed by atoms with E-state index in [1.165, 1.54) is 12.0 Å². The molecule has 1 amide bonds. The first kappa shape index (κ1) is 21.9. The Balaban J connectivity index is 1.90. The number of ketones is 1. The van der Waals surface area contributed by atoms with Gasteiger partial charge in [-0.25, -0.2) is 4.79 Å². The van der Waals surface area contributed by atoms with Crippen LogP contribution in [0.4, 0.5) is 0 Å². The number of ether oxygens (including phenoxy) is 1. The molecule has 168 valence electrons. The number of methoxy groups -OCH3 is 1. The quantitative estimate of drug-likeness (QED) is 0.267. The smallest absolute Gasteiger partial charge is 0.354 e. The molecule has 1 fully saturated rings. The number of carbonyl (C=O) groups is 3. The van der Waals surface area contributed by atoms with Crippen LogP contribution in [0.15, 0.2) is 54.6 Å². The number of H-pyrrole nitrogens is 1. The number of hydrogen-bond acceptors (Lipinski definition) is 7. The van der Waals surface area contributed by atoms with E-state index in [9.17, 15) is 19.5 Å². The van der Waals surface area contributed by atoms with Gasteiger partial charge in [-0.3, -0.25) is 19.6 Å². The molecule has 3 aromatic heterocycles. The molecule has 0 aromatic carbocycles. The molecule has 1 aliphatic heterocycles. The average Bonchev–Trinajstić information content (AvgIpc) is 3.27. The molecule has 1 aliphatic rings. The van der Waals surface area contributed by atoms with Crippen LogP contribution in [0.1, 0.15) is 44.5 Å². The standard InChI is InChI=1S/C24H22N4O5/c1-13-17(14(2)27-19(13)24(32)33-3)21(29)18-20(16-7-5-9-26-11-16)28(23(31)22(18)30)12-15-6-4-8-25-10-15/h4-11,20,27,29H,12H2,1-3H3/b21-18+/t20-/m1/s1. The average molecular weight is 446 g/mol. The Morgan fingerprint density at radius 1 is 1.15 bits per heavy atom. The number of Topliss-reactive ketones (excluding diaryl/α,β-unsaturated/α-hetero) is 1. The third-order valence-electron chi connectivity index (χ3n) is 5.68. The number of aliphatic hydroxyl groups is 1. The number of esters is 1. The molecule has 4 rings (SSSR count). The van der Waals surface area contributed by atoms with Gasteiger partial charge < -0.3 is 19.7 Å². The zero-order chi connectivity index (χ0) is 23.7. The molecule has 0 bridgehead atoms. The Kier molecular flexibility index (Phi) is 5.78. The summed E-state index contributed by atoms with van der Waals surface area (Å²) < 4.78 is 4.79. The predicted molar refractivity (Wildman–Crippen MR) is 118 cm³/mol. The minimum Gasteiger partial charge on any atom is -0.507 e. The van der Waals surface area contributed by atoms with E-state index in [1.54, 1.807) is 62.9 Å². The number of nitrogens with zero attached hydrogens (tertiary/aromatic N) is 3. The van der Waals surface area contributed by atoms with Crippen LogP contribution < -0.4 is 0 Å². The van der Waals surface area contributed by atoms with Gasteiger partial charge in [0.25, 0.3) is 11.7 Å². The summed E-state index contributed by atoms with van der Waals surface area (Å²) in [6, 6.07) is 6.11. The summed E-state index contributed by atoms with van der Waals surface area (Å²) in [6.45, 7) is 3.42. The Hall–Kier alpha value is -4.27. The molecule has 2 N–H and O–H groups in total. The molecular weight excluding hydrogens is 424 g/mol. The highest BCUT2D eigenvalue weighted by Crippen LogP contribution is 2.41. The van der Waals surface area contributed by atoms with Gasteiger partial charge in [-0.05, 0) is 42.7 Å². The van der Waals surface area contributed by atoms with Gasteiger partial charge in [-0.2, -0.15) is 0 Å². The van der Waals surface area contributed by atoms with Crippen molar-refractivity contribution in [2.24, 2.45) is 0 Å². The molecule has 0 radical (unpaired) electrons. The largest absolute Gasteiger partial charge is 0.507 e. The lowest BCUT2D eigenvalue weighted by molar-refractivity contribution is -0.140. The van der Waals surface area contributed by atoms with Gasteiger partial charge >= 0.3 is 5.97 Å². The number of hydrogen-bond donors (Lipinski definition) is 2. The maximum atomic E-state index is 13.2. The number of aryl methyl sites for hydroxylation is 1. The van der Waals surface area contributed by atoms with Crippen molar-refractivity contribution in [3.8, 4) is 0 Å². The molecule has 0 unspecified atom stereocenters. The number of amides is 1. The lowest BCUT2D eigenvalue weighted by Gasteiger charge is -2.25. The first-order chi connectivity index (χ1) is 15.8. The molecule has 1 saturated heterocycles. The Bertz CT molecular complexity index is 1260. The second kappa shape index (κ2) is 8.70. The summed E-state index contributed by atoms with van der Waals surface area (Å²) in [6.07, 6.45) is 6.37. The van der Waals surface area contributed by atoms with Crippen LogP contribution in [0, 0.1) is 13.8 Å². The van der Waals surface area contributed by atoms with Crippen molar-refractivity contribution in [2.75, 3.05) is 7.11 Å². The lowest BCUT2D eigenvalue weighted by atomic mass is 9.95. The van der Waals surface area contributed by atoms with Crippen molar-refractivity contribution in [2.45, 2.75) is 26.4 Å². The molecule has 33 heavy (non-hydrogen) atoms. The van der Waals surface area contributed by atoms with Crippen molar-refractivity contribution >= 4 is 23.4 Å². The van der Waals surface area contributed by atoms with Crippen LogP contribution in [-0.2, 0) is 20.9 Å². The molecule has 0 aliphatic carbocycles. The Morgan fingerprint density at radius 3 is 2.45 bits per heavy atom. The van der Waals surface area contributed by atoms with E-state index in [2.05, 4.69) is 15.0 Å². The number of pyridine rings is 2. The fraction of sp³-hybridized carbons (Fsp3) is 0.208. The van der Waals surface area contributed by atoms with Crippen LogP contribution in [-0.4, -0.2) is 49.7 Å². The SMILES string of the molecule is COC(=O)c1[nH]c(C)c(/C(O)=C2\C(=O)C(=O)N(Cc3cccnc3)[C@@H]2c2cccnc2)c1C. The van der Waals surface area contributed by atoms with Gasteiger partial charge in [-0.1, -0.05) is 12.1 Å². The van der Waals surface area contributed by atoms with E-state index in [1.807, 2.05) is 0 Å². The van der Waals surface area contributed by atoms with E-state index >= 15 is 0 Å². The maximum absolute atomic E-state index is 13.2. The second-order valence-electron chi connectivity index (χ2n) is 7.69. The van der Waals surface area contributed by atoms with Crippen LogP contribution in [0.2, 0.25) is 0 Å². The number of rotatable bonds is 5. The van der Waals surface area contributed by atoms with Crippen molar-refractivity contribution in [3.05, 3.63) is 88.3 Å². The Morgan fingerprint density at radius 2 is 1.85 bits per heavy atom. The zero-order valence-electron chi connectivity index (χ0n) is 18.3. The van der Waals surface area contributed by atoms with Gasteiger partial charge in [0.05, 0.1) is 18.7 Å². The molecule has 0 spiro atoms. The van der Waals surface area contributed by atoms with Crippen molar-refractivity contribution in [1.82, 2.24) is 19.9 Å². The van der Waals surface area contributed by atoms with Gasteiger partial charge in [0.2, 0.25) is 0 Å². The first-order valence-corrected chi connectivity index (χ1v) is 10.2. The predicted octanol–water partition coefficient (Wildman–Crippen LogP) is 2.83. The molecule has 0 saturated carbocycles. The Labute approximate surface area is 189 Å². The van der Waals surface area contributed by atoms with E-state index in [0.717, 1.165) is 5.56 Å². The highest BCUT2D eigenvalue weighted by Gasteiger charge is 2.46. The van der Waals surface area contributed by atoms with Crippen LogP contribution >= 0.6 is 0 Å². The number of aliphatic hydroxyl groups excluding tert-OH is 1.